The van der Waals surface area contributed by atoms with Crippen LogP contribution in [0, 0.1) is 0 Å². The molecule has 1 aliphatic carbocycles. The molecule has 0 fully saturated rings. The minimum absolute atomic E-state index is 0.675. The molecule has 0 saturated carbocycles. The smallest absolute Gasteiger partial charge is 0.0788 e. The number of rotatable bonds is 5. The Labute approximate surface area is 306 Å². The van der Waals surface area contributed by atoms with E-state index in [0.29, 0.717) is 0 Å². The van der Waals surface area contributed by atoms with Crippen molar-refractivity contribution in [3.05, 3.63) is 193 Å². The molecule has 250 valence electrons. The van der Waals surface area contributed by atoms with Gasteiger partial charge >= 0.3 is 0 Å². The molecule has 0 spiro atoms. The van der Waals surface area contributed by atoms with E-state index in [1.807, 2.05) is 13.8 Å². The fourth-order valence-corrected chi connectivity index (χ4v) is 10.2. The van der Waals surface area contributed by atoms with Crippen molar-refractivity contribution in [2.24, 2.45) is 0 Å². The van der Waals surface area contributed by atoms with E-state index in [9.17, 15) is 0 Å². The molecule has 9 aromatic rings. The minimum atomic E-state index is -0.675. The Morgan fingerprint density at radius 1 is 0.462 bits per heavy atom. The number of hydrogen-bond acceptors (Lipinski definition) is 0. The van der Waals surface area contributed by atoms with Crippen molar-refractivity contribution >= 4 is 73.4 Å². The summed E-state index contributed by atoms with van der Waals surface area (Å²) in [6.07, 6.45) is 9.79. The van der Waals surface area contributed by atoms with Gasteiger partial charge in [0.2, 0.25) is 0 Å². The van der Waals surface area contributed by atoms with E-state index >= 15 is 0 Å². The molecule has 1 aliphatic rings. The van der Waals surface area contributed by atoms with Gasteiger partial charge in [0.25, 0.3) is 0 Å². The fourth-order valence-electron chi connectivity index (χ4n) is 7.92. The standard InChI is InChI=1S/C47H33N2P.C2H6/c1-5-15-35(16-6-1)48-44-23-12-4-11-21-40(44)42-29-30-43-41-22-13-14-24-45(41)49(47(43)46(42)48)36-27-25-34-32-39(28-26-33(34)31-36)50(37-17-7-2-8-18-37)38-19-9-3-10-20-38;1-2/h1-20,22-32H,21H2;1-2H3. The van der Waals surface area contributed by atoms with Crippen LogP contribution in [0.5, 0.6) is 0 Å². The molecular formula is C49H39N2P. The summed E-state index contributed by atoms with van der Waals surface area (Å²) >= 11 is 0. The number of benzene rings is 7. The Morgan fingerprint density at radius 3 is 1.83 bits per heavy atom. The van der Waals surface area contributed by atoms with Gasteiger partial charge in [-0.05, 0) is 89.1 Å². The van der Waals surface area contributed by atoms with Gasteiger partial charge in [0.15, 0.2) is 0 Å². The van der Waals surface area contributed by atoms with Gasteiger partial charge in [0, 0.05) is 27.5 Å². The van der Waals surface area contributed by atoms with Gasteiger partial charge in [0.05, 0.1) is 22.2 Å². The lowest BCUT2D eigenvalue weighted by Gasteiger charge is -2.20. The first-order valence-corrected chi connectivity index (χ1v) is 19.6. The molecule has 3 heteroatoms. The first kappa shape index (κ1) is 32.0. The second kappa shape index (κ2) is 13.6. The summed E-state index contributed by atoms with van der Waals surface area (Å²) in [4.78, 5) is 0. The first-order valence-electron chi connectivity index (χ1n) is 18.3. The lowest BCUT2D eigenvalue weighted by molar-refractivity contribution is 1.08. The van der Waals surface area contributed by atoms with Crippen molar-refractivity contribution in [3.63, 3.8) is 0 Å². The topological polar surface area (TPSA) is 9.86 Å². The Bertz CT molecular complexity index is 2730. The third-order valence-corrected chi connectivity index (χ3v) is 12.5. The Hall–Kier alpha value is -5.95. The molecule has 0 unspecified atom stereocenters. The molecule has 0 radical (unpaired) electrons. The summed E-state index contributed by atoms with van der Waals surface area (Å²) in [6, 6.07) is 60.4. The van der Waals surface area contributed by atoms with Crippen LogP contribution in [-0.2, 0) is 6.42 Å². The molecule has 2 aromatic heterocycles. The second-order valence-electron chi connectivity index (χ2n) is 13.0. The van der Waals surface area contributed by atoms with Crippen molar-refractivity contribution in [1.29, 1.82) is 0 Å². The molecule has 2 heterocycles. The summed E-state index contributed by atoms with van der Waals surface area (Å²) in [7, 11) is -0.675. The largest absolute Gasteiger partial charge is 0.308 e. The number of para-hydroxylation sites is 2. The number of aromatic nitrogens is 2. The van der Waals surface area contributed by atoms with Gasteiger partial charge in [-0.2, -0.15) is 0 Å². The molecule has 0 N–H and O–H groups in total. The summed E-state index contributed by atoms with van der Waals surface area (Å²) in [5, 5.41) is 10.4. The lowest BCUT2D eigenvalue weighted by atomic mass is 10.1. The molecule has 0 atom stereocenters. The maximum Gasteiger partial charge on any atom is 0.0788 e. The van der Waals surface area contributed by atoms with Crippen molar-refractivity contribution in [2.75, 3.05) is 0 Å². The highest BCUT2D eigenvalue weighted by Crippen LogP contribution is 2.42. The molecule has 52 heavy (non-hydrogen) atoms. The zero-order chi connectivity index (χ0) is 35.0. The van der Waals surface area contributed by atoms with Crippen LogP contribution >= 0.6 is 7.92 Å². The van der Waals surface area contributed by atoms with Crippen molar-refractivity contribution in [3.8, 4) is 11.4 Å². The minimum Gasteiger partial charge on any atom is -0.308 e. The zero-order valence-corrected chi connectivity index (χ0v) is 30.3. The Balaban J connectivity index is 0.00000177. The SMILES string of the molecule is C1=CCc2c(n(-c3ccccc3)c3c2ccc2c4ccccc4n(-c4ccc5cc(P(c6ccccc6)c6ccccc6)ccc5c4)c23)C=C1.CC. The zero-order valence-electron chi connectivity index (χ0n) is 29.4. The highest BCUT2D eigenvalue weighted by atomic mass is 31.1. The van der Waals surface area contributed by atoms with E-state index in [-0.39, 0.29) is 0 Å². The molecule has 7 aromatic carbocycles. The maximum atomic E-state index is 2.50. The van der Waals surface area contributed by atoms with Gasteiger partial charge in [-0.1, -0.05) is 159 Å². The first-order chi connectivity index (χ1) is 25.8. The van der Waals surface area contributed by atoms with Crippen LogP contribution < -0.4 is 15.9 Å². The molecule has 0 bridgehead atoms. The molecule has 0 aliphatic heterocycles. The van der Waals surface area contributed by atoms with Crippen LogP contribution in [0.4, 0.5) is 0 Å². The highest BCUT2D eigenvalue weighted by Gasteiger charge is 2.24. The van der Waals surface area contributed by atoms with Crippen molar-refractivity contribution in [1.82, 2.24) is 9.13 Å². The predicted molar refractivity (Wildman–Crippen MR) is 227 cm³/mol. The molecule has 0 saturated heterocycles. The second-order valence-corrected chi connectivity index (χ2v) is 15.2. The van der Waals surface area contributed by atoms with Crippen LogP contribution in [-0.4, -0.2) is 9.13 Å². The normalized spacial score (nSPS) is 12.4. The highest BCUT2D eigenvalue weighted by molar-refractivity contribution is 7.79. The van der Waals surface area contributed by atoms with Crippen LogP contribution in [0.25, 0.3) is 60.9 Å². The molecule has 0 amide bonds. The quantitative estimate of drug-likeness (QED) is 0.160. The number of fused-ring (bicyclic) bond motifs is 8. The lowest BCUT2D eigenvalue weighted by Crippen LogP contribution is -2.20. The van der Waals surface area contributed by atoms with E-state index in [4.69, 9.17) is 0 Å². The predicted octanol–water partition coefficient (Wildman–Crippen LogP) is 11.8. The van der Waals surface area contributed by atoms with Crippen LogP contribution in [0.3, 0.4) is 0 Å². The van der Waals surface area contributed by atoms with Crippen LogP contribution in [0.2, 0.25) is 0 Å². The van der Waals surface area contributed by atoms with Gasteiger partial charge in [-0.25, -0.2) is 0 Å². The molecular weight excluding hydrogens is 648 g/mol. The van der Waals surface area contributed by atoms with Crippen molar-refractivity contribution < 1.29 is 0 Å². The Morgan fingerprint density at radius 2 is 1.08 bits per heavy atom. The number of allylic oxidation sites excluding steroid dienone is 3. The van der Waals surface area contributed by atoms with E-state index in [2.05, 4.69) is 197 Å². The average Bonchev–Trinajstić information content (AvgIpc) is 3.60. The van der Waals surface area contributed by atoms with E-state index in [0.717, 1.165) is 6.42 Å². The average molecular weight is 687 g/mol. The van der Waals surface area contributed by atoms with Gasteiger partial charge < -0.3 is 9.13 Å². The molecule has 2 nitrogen and oxygen atoms in total. The summed E-state index contributed by atoms with van der Waals surface area (Å²) < 4.78 is 4.98. The molecule has 10 rings (SSSR count). The van der Waals surface area contributed by atoms with Crippen molar-refractivity contribution in [2.45, 2.75) is 20.3 Å². The summed E-state index contributed by atoms with van der Waals surface area (Å²) in [5.41, 5.74) is 8.67. The van der Waals surface area contributed by atoms with E-state index in [1.165, 1.54) is 82.0 Å². The van der Waals surface area contributed by atoms with Gasteiger partial charge in [0.1, 0.15) is 0 Å². The number of nitrogens with zero attached hydrogens (tertiary/aromatic N) is 2. The third-order valence-electron chi connectivity index (χ3n) is 10.1. The maximum absolute atomic E-state index is 2.50. The van der Waals surface area contributed by atoms with Gasteiger partial charge in [-0.3, -0.25) is 0 Å². The monoisotopic (exact) mass is 686 g/mol. The third kappa shape index (κ3) is 5.31. The Kier molecular flexibility index (Phi) is 8.39. The summed E-state index contributed by atoms with van der Waals surface area (Å²) in [6.45, 7) is 4.00. The van der Waals surface area contributed by atoms with Crippen LogP contribution in [0.15, 0.2) is 182 Å². The van der Waals surface area contributed by atoms with Gasteiger partial charge in [-0.15, -0.1) is 0 Å². The fraction of sp³-hybridized carbons (Fsp3) is 0.0612. The van der Waals surface area contributed by atoms with Crippen LogP contribution in [0.1, 0.15) is 25.1 Å². The number of hydrogen-bond donors (Lipinski definition) is 0. The van der Waals surface area contributed by atoms with E-state index in [1.54, 1.807) is 0 Å². The van der Waals surface area contributed by atoms with E-state index < -0.39 is 7.92 Å². The summed E-state index contributed by atoms with van der Waals surface area (Å²) in [5.74, 6) is 0.